The summed E-state index contributed by atoms with van der Waals surface area (Å²) in [5.41, 5.74) is 3.01. The van der Waals surface area contributed by atoms with Crippen molar-refractivity contribution in [1.29, 1.82) is 0 Å². The van der Waals surface area contributed by atoms with E-state index in [9.17, 15) is 8.42 Å². The number of likely N-dealkylation sites (N-methyl/N-ethyl adjacent to an activating group) is 1. The van der Waals surface area contributed by atoms with E-state index in [-0.39, 0.29) is 0 Å². The quantitative estimate of drug-likeness (QED) is 0.709. The molecule has 0 bridgehead atoms. The molecule has 0 amide bonds. The third-order valence-corrected chi connectivity index (χ3v) is 4.09. The van der Waals surface area contributed by atoms with Gasteiger partial charge in [0, 0.05) is 18.7 Å². The van der Waals surface area contributed by atoms with Gasteiger partial charge in [-0.05, 0) is 43.7 Å². The van der Waals surface area contributed by atoms with Crippen LogP contribution in [0.1, 0.15) is 16.7 Å². The predicted octanol–water partition coefficient (Wildman–Crippen LogP) is 0.891. The topological polar surface area (TPSA) is 46.6 Å². The van der Waals surface area contributed by atoms with Gasteiger partial charge in [0.1, 0.15) is 5.75 Å². The van der Waals surface area contributed by atoms with Gasteiger partial charge in [-0.1, -0.05) is 0 Å². The Labute approximate surface area is 109 Å². The first-order valence-electron chi connectivity index (χ1n) is 5.84. The molecule has 0 fully saturated rings. The van der Waals surface area contributed by atoms with E-state index in [1.54, 1.807) is 7.11 Å². The van der Waals surface area contributed by atoms with Crippen molar-refractivity contribution < 1.29 is 13.2 Å². The molecule has 1 aliphatic rings. The lowest BCUT2D eigenvalue weighted by Crippen LogP contribution is -2.25. The number of hydrogen-bond acceptors (Lipinski definition) is 4. The van der Waals surface area contributed by atoms with E-state index in [1.807, 2.05) is 31.0 Å². The molecule has 0 radical (unpaired) electrons. The highest BCUT2D eigenvalue weighted by Gasteiger charge is 2.20. The second kappa shape index (κ2) is 5.12. The van der Waals surface area contributed by atoms with Crippen molar-refractivity contribution in [3.63, 3.8) is 0 Å². The Morgan fingerprint density at radius 1 is 1.33 bits per heavy atom. The summed E-state index contributed by atoms with van der Waals surface area (Å²) in [4.78, 5) is 2.48. The molecule has 0 spiro atoms. The van der Waals surface area contributed by atoms with Crippen LogP contribution in [-0.4, -0.2) is 45.4 Å². The van der Waals surface area contributed by atoms with Gasteiger partial charge in [-0.15, -0.1) is 0 Å². The Morgan fingerprint density at radius 3 is 2.67 bits per heavy atom. The van der Waals surface area contributed by atoms with Crippen molar-refractivity contribution in [2.75, 3.05) is 27.2 Å². The summed E-state index contributed by atoms with van der Waals surface area (Å²) in [6, 6.07) is 3.78. The van der Waals surface area contributed by atoms with Crippen LogP contribution in [0, 0.1) is 6.92 Å². The molecule has 98 valence electrons. The molecule has 1 aromatic rings. The summed E-state index contributed by atoms with van der Waals surface area (Å²) in [7, 11) is 1.34. The van der Waals surface area contributed by atoms with Gasteiger partial charge >= 0.3 is 0 Å². The molecule has 0 atom stereocenters. The Balaban J connectivity index is 2.71. The summed E-state index contributed by atoms with van der Waals surface area (Å²) in [5, 5.41) is 0. The van der Waals surface area contributed by atoms with Gasteiger partial charge in [-0.25, -0.2) is 0 Å². The van der Waals surface area contributed by atoms with Crippen LogP contribution in [-0.2, 0) is 16.7 Å². The summed E-state index contributed by atoms with van der Waals surface area (Å²) in [6.07, 6.45) is 0.863. The van der Waals surface area contributed by atoms with Gasteiger partial charge in [0.2, 0.25) is 10.3 Å². The molecular formula is C13H17NO3S. The molecule has 1 heterocycles. The predicted molar refractivity (Wildman–Crippen MR) is 72.0 cm³/mol. The first-order chi connectivity index (χ1) is 8.52. The maximum absolute atomic E-state index is 11.4. The van der Waals surface area contributed by atoms with Crippen molar-refractivity contribution >= 4 is 15.2 Å². The minimum Gasteiger partial charge on any atom is -0.497 e. The molecule has 0 N–H and O–H groups in total. The van der Waals surface area contributed by atoms with Crippen molar-refractivity contribution in [2.45, 2.75) is 13.3 Å². The van der Waals surface area contributed by atoms with Gasteiger partial charge in [0.25, 0.3) is 0 Å². The number of ether oxygens (including phenoxy) is 1. The molecule has 0 saturated carbocycles. The normalized spacial score (nSPS) is 16.1. The van der Waals surface area contributed by atoms with E-state index in [1.165, 1.54) is 0 Å². The minimum atomic E-state index is -2.19. The molecule has 5 heteroatoms. The average Bonchev–Trinajstić information content (AvgIpc) is 2.49. The summed E-state index contributed by atoms with van der Waals surface area (Å²) < 4.78 is 28.1. The Morgan fingerprint density at radius 2 is 2.06 bits per heavy atom. The fourth-order valence-corrected chi connectivity index (χ4v) is 3.02. The van der Waals surface area contributed by atoms with Gasteiger partial charge in [0.15, 0.2) is 0 Å². The summed E-state index contributed by atoms with van der Waals surface area (Å²) in [5.74, 6) is 0.707. The van der Waals surface area contributed by atoms with Crippen LogP contribution in [0.25, 0.3) is 0 Å². The highest BCUT2D eigenvalue weighted by molar-refractivity contribution is 7.73. The second-order valence-corrected chi connectivity index (χ2v) is 5.58. The van der Waals surface area contributed by atoms with Gasteiger partial charge < -0.3 is 9.64 Å². The number of nitrogens with zero attached hydrogens (tertiary/aromatic N) is 1. The smallest absolute Gasteiger partial charge is 0.219 e. The van der Waals surface area contributed by atoms with Crippen molar-refractivity contribution in [3.05, 3.63) is 28.8 Å². The summed E-state index contributed by atoms with van der Waals surface area (Å²) >= 11 is 0. The number of fused-ring (bicyclic) bond motifs is 1. The van der Waals surface area contributed by atoms with Crippen LogP contribution >= 0.6 is 0 Å². The molecule has 0 aliphatic carbocycles. The highest BCUT2D eigenvalue weighted by atomic mass is 32.2. The number of methoxy groups -OCH3 is 1. The lowest BCUT2D eigenvalue weighted by Gasteiger charge is -2.11. The third-order valence-electron chi connectivity index (χ3n) is 3.34. The van der Waals surface area contributed by atoms with E-state index in [0.717, 1.165) is 29.7 Å². The molecule has 1 aliphatic heterocycles. The first-order valence-corrected chi connectivity index (χ1v) is 6.92. The molecule has 0 unspecified atom stereocenters. The largest absolute Gasteiger partial charge is 0.497 e. The minimum absolute atomic E-state index is 0.451. The van der Waals surface area contributed by atoms with Crippen LogP contribution in [0.5, 0.6) is 5.75 Å². The van der Waals surface area contributed by atoms with Crippen molar-refractivity contribution in [1.82, 2.24) is 4.90 Å². The number of hydrogen-bond donors (Lipinski definition) is 0. The number of rotatable bonds is 1. The zero-order valence-electron chi connectivity index (χ0n) is 10.9. The Bertz CT molecular complexity index is 597. The molecule has 0 saturated heterocycles. The van der Waals surface area contributed by atoms with E-state index in [4.69, 9.17) is 4.74 Å². The van der Waals surface area contributed by atoms with E-state index < -0.39 is 10.3 Å². The Hall–Kier alpha value is -1.33. The van der Waals surface area contributed by atoms with E-state index in [0.29, 0.717) is 17.2 Å². The standard InChI is InChI=1S/C13H17NO3S/c1-9-6-10(17-3)7-12-11(9)4-5-14(2)8-13(12)18(15)16/h6-7H,4-5,8H2,1-3H3. The molecular weight excluding hydrogens is 250 g/mol. The highest BCUT2D eigenvalue weighted by Crippen LogP contribution is 2.25. The lowest BCUT2D eigenvalue weighted by molar-refractivity contribution is 0.391. The average molecular weight is 267 g/mol. The second-order valence-electron chi connectivity index (χ2n) is 4.62. The lowest BCUT2D eigenvalue weighted by atomic mass is 9.97. The molecule has 1 aromatic carbocycles. The Kier molecular flexibility index (Phi) is 3.73. The van der Waals surface area contributed by atoms with Gasteiger partial charge in [-0.3, -0.25) is 0 Å². The van der Waals surface area contributed by atoms with Crippen molar-refractivity contribution in [2.24, 2.45) is 0 Å². The van der Waals surface area contributed by atoms with Crippen LogP contribution in [0.3, 0.4) is 0 Å². The molecule has 2 rings (SSSR count). The monoisotopic (exact) mass is 267 g/mol. The summed E-state index contributed by atoms with van der Waals surface area (Å²) in [6.45, 7) is 3.31. The van der Waals surface area contributed by atoms with Gasteiger partial charge in [0.05, 0.1) is 12.0 Å². The zero-order valence-corrected chi connectivity index (χ0v) is 11.7. The fourth-order valence-electron chi connectivity index (χ4n) is 2.34. The fraction of sp³-hybridized carbons (Fsp3) is 0.462. The SMILES string of the molecule is COc1cc(C)c2c(c1)C(=S(=O)=O)CN(C)CC2. The van der Waals surface area contributed by atoms with Crippen LogP contribution in [0.4, 0.5) is 0 Å². The van der Waals surface area contributed by atoms with Crippen LogP contribution in [0.15, 0.2) is 12.1 Å². The molecule has 18 heavy (non-hydrogen) atoms. The van der Waals surface area contributed by atoms with E-state index in [2.05, 4.69) is 0 Å². The number of benzene rings is 1. The molecule has 0 aromatic heterocycles. The van der Waals surface area contributed by atoms with Gasteiger partial charge in [-0.2, -0.15) is 8.42 Å². The van der Waals surface area contributed by atoms with Crippen molar-refractivity contribution in [3.8, 4) is 5.75 Å². The molecule has 4 nitrogen and oxygen atoms in total. The number of aryl methyl sites for hydroxylation is 1. The third kappa shape index (κ3) is 2.42. The maximum Gasteiger partial charge on any atom is 0.219 e. The maximum atomic E-state index is 11.4. The van der Waals surface area contributed by atoms with Crippen LogP contribution < -0.4 is 4.74 Å². The first kappa shape index (κ1) is 13.1. The van der Waals surface area contributed by atoms with Crippen LogP contribution in [0.2, 0.25) is 0 Å². The van der Waals surface area contributed by atoms with E-state index >= 15 is 0 Å². The zero-order chi connectivity index (χ0) is 13.3.